The van der Waals surface area contributed by atoms with Crippen LogP contribution in [0.5, 0.6) is 0 Å². The molecule has 0 unspecified atom stereocenters. The van der Waals surface area contributed by atoms with Crippen molar-refractivity contribution in [1.82, 2.24) is 15.0 Å². The van der Waals surface area contributed by atoms with Gasteiger partial charge in [0.15, 0.2) is 0 Å². The first kappa shape index (κ1) is 13.0. The van der Waals surface area contributed by atoms with Gasteiger partial charge in [-0.2, -0.15) is 15.0 Å². The van der Waals surface area contributed by atoms with E-state index < -0.39 is 0 Å². The van der Waals surface area contributed by atoms with E-state index in [4.69, 9.17) is 5.73 Å². The third kappa shape index (κ3) is 3.30. The number of thiophene rings is 1. The molecule has 0 saturated heterocycles. The van der Waals surface area contributed by atoms with Crippen molar-refractivity contribution in [3.63, 3.8) is 0 Å². The van der Waals surface area contributed by atoms with Gasteiger partial charge >= 0.3 is 0 Å². The lowest BCUT2D eigenvalue weighted by atomic mass is 10.5. The van der Waals surface area contributed by atoms with E-state index in [-0.39, 0.29) is 5.95 Å². The van der Waals surface area contributed by atoms with Gasteiger partial charge in [-0.05, 0) is 28.1 Å². The minimum absolute atomic E-state index is 0.212. The maximum Gasteiger partial charge on any atom is 0.231 e. The lowest BCUT2D eigenvalue weighted by Gasteiger charge is -2.11. The molecule has 8 heteroatoms. The maximum absolute atomic E-state index is 5.64. The molecule has 0 saturated carbocycles. The molecule has 0 spiro atoms. The zero-order valence-corrected chi connectivity index (χ0v) is 12.4. The van der Waals surface area contributed by atoms with E-state index in [1.54, 1.807) is 16.2 Å². The van der Waals surface area contributed by atoms with Crippen LogP contribution in [-0.2, 0) is 6.54 Å². The number of hydrogen-bond donors (Lipinski definition) is 2. The molecule has 0 aliphatic heterocycles. The zero-order chi connectivity index (χ0) is 13.1. The van der Waals surface area contributed by atoms with Crippen molar-refractivity contribution < 1.29 is 0 Å². The Morgan fingerprint density at radius 3 is 2.72 bits per heavy atom. The number of anilines is 3. The van der Waals surface area contributed by atoms with Crippen molar-refractivity contribution in [2.75, 3.05) is 30.0 Å². The predicted molar refractivity (Wildman–Crippen MR) is 77.9 cm³/mol. The lowest BCUT2D eigenvalue weighted by Crippen LogP contribution is -2.16. The predicted octanol–water partition coefficient (Wildman–Crippen LogP) is 1.96. The second-order valence-electron chi connectivity index (χ2n) is 3.77. The molecule has 2 aromatic rings. The molecule has 0 aliphatic rings. The van der Waals surface area contributed by atoms with Gasteiger partial charge in [0, 0.05) is 19.0 Å². The number of nitrogens with one attached hydrogen (secondary N) is 1. The summed E-state index contributed by atoms with van der Waals surface area (Å²) in [6, 6.07) is 4.05. The van der Waals surface area contributed by atoms with E-state index in [0.29, 0.717) is 18.4 Å². The monoisotopic (exact) mass is 328 g/mol. The topological polar surface area (TPSA) is 80.0 Å². The summed E-state index contributed by atoms with van der Waals surface area (Å²) in [5, 5.41) is 3.13. The van der Waals surface area contributed by atoms with Crippen LogP contribution in [-0.4, -0.2) is 29.0 Å². The van der Waals surface area contributed by atoms with Crippen molar-refractivity contribution >= 4 is 45.1 Å². The van der Waals surface area contributed by atoms with Crippen LogP contribution in [0.1, 0.15) is 4.88 Å². The quantitative estimate of drug-likeness (QED) is 0.893. The van der Waals surface area contributed by atoms with Gasteiger partial charge in [0.05, 0.1) is 10.3 Å². The van der Waals surface area contributed by atoms with Gasteiger partial charge in [-0.25, -0.2) is 0 Å². The molecule has 18 heavy (non-hydrogen) atoms. The van der Waals surface area contributed by atoms with Gasteiger partial charge in [0.2, 0.25) is 17.8 Å². The van der Waals surface area contributed by atoms with E-state index in [2.05, 4.69) is 36.2 Å². The standard InChI is InChI=1S/C10H13BrN6S/c1-17(2)10-15-8(12)14-9(16-10)13-5-6-3-4-7(11)18-6/h3-4H,5H2,1-2H3,(H3,12,13,14,15,16). The van der Waals surface area contributed by atoms with Crippen LogP contribution in [0.3, 0.4) is 0 Å². The number of halogens is 1. The summed E-state index contributed by atoms with van der Waals surface area (Å²) in [6.07, 6.45) is 0. The Morgan fingerprint density at radius 2 is 2.11 bits per heavy atom. The van der Waals surface area contributed by atoms with E-state index in [0.717, 1.165) is 3.79 Å². The highest BCUT2D eigenvalue weighted by molar-refractivity contribution is 9.11. The highest BCUT2D eigenvalue weighted by Gasteiger charge is 2.06. The minimum Gasteiger partial charge on any atom is -0.368 e. The second kappa shape index (κ2) is 5.49. The highest BCUT2D eigenvalue weighted by atomic mass is 79.9. The first-order chi connectivity index (χ1) is 8.54. The first-order valence-corrected chi connectivity index (χ1v) is 6.82. The Labute approximate surface area is 117 Å². The fourth-order valence-electron chi connectivity index (χ4n) is 1.27. The van der Waals surface area contributed by atoms with E-state index in [9.17, 15) is 0 Å². The fourth-order valence-corrected chi connectivity index (χ4v) is 2.70. The Bertz CT molecular complexity index is 541. The maximum atomic E-state index is 5.64. The molecule has 0 amide bonds. The molecule has 96 valence electrons. The van der Waals surface area contributed by atoms with Gasteiger partial charge < -0.3 is 16.0 Å². The molecule has 2 heterocycles. The summed E-state index contributed by atoms with van der Waals surface area (Å²) in [6.45, 7) is 0.659. The molecule has 0 fully saturated rings. The van der Waals surface area contributed by atoms with Crippen LogP contribution in [0.4, 0.5) is 17.8 Å². The normalized spacial score (nSPS) is 10.4. The Hall–Kier alpha value is -1.41. The third-order valence-electron chi connectivity index (χ3n) is 2.09. The van der Waals surface area contributed by atoms with Crippen LogP contribution in [0.25, 0.3) is 0 Å². The van der Waals surface area contributed by atoms with E-state index in [1.807, 2.05) is 26.2 Å². The second-order valence-corrected chi connectivity index (χ2v) is 6.32. The molecule has 0 radical (unpaired) electrons. The van der Waals surface area contributed by atoms with Crippen molar-refractivity contribution in [2.45, 2.75) is 6.54 Å². The first-order valence-electron chi connectivity index (χ1n) is 5.21. The zero-order valence-electron chi connectivity index (χ0n) is 10.0. The molecule has 0 aliphatic carbocycles. The summed E-state index contributed by atoms with van der Waals surface area (Å²) in [4.78, 5) is 15.3. The van der Waals surface area contributed by atoms with Crippen molar-refractivity contribution in [3.8, 4) is 0 Å². The molecular weight excluding hydrogens is 316 g/mol. The summed E-state index contributed by atoms with van der Waals surface area (Å²) in [7, 11) is 3.71. The summed E-state index contributed by atoms with van der Waals surface area (Å²) in [5.74, 6) is 1.23. The average Bonchev–Trinajstić information content (AvgIpc) is 2.72. The summed E-state index contributed by atoms with van der Waals surface area (Å²) >= 11 is 5.09. The van der Waals surface area contributed by atoms with E-state index >= 15 is 0 Å². The largest absolute Gasteiger partial charge is 0.368 e. The van der Waals surface area contributed by atoms with Crippen LogP contribution in [0, 0.1) is 0 Å². The van der Waals surface area contributed by atoms with Gasteiger partial charge in [0.25, 0.3) is 0 Å². The van der Waals surface area contributed by atoms with E-state index in [1.165, 1.54) is 4.88 Å². The smallest absolute Gasteiger partial charge is 0.231 e. The number of aromatic nitrogens is 3. The lowest BCUT2D eigenvalue weighted by molar-refractivity contribution is 0.953. The molecule has 6 nitrogen and oxygen atoms in total. The van der Waals surface area contributed by atoms with Crippen LogP contribution in [0.15, 0.2) is 15.9 Å². The highest BCUT2D eigenvalue weighted by Crippen LogP contribution is 2.22. The fraction of sp³-hybridized carbons (Fsp3) is 0.300. The van der Waals surface area contributed by atoms with Crippen LogP contribution >= 0.6 is 27.3 Å². The van der Waals surface area contributed by atoms with Crippen molar-refractivity contribution in [1.29, 1.82) is 0 Å². The number of rotatable bonds is 4. The minimum atomic E-state index is 0.212. The average molecular weight is 329 g/mol. The molecule has 3 N–H and O–H groups in total. The summed E-state index contributed by atoms with van der Waals surface area (Å²) in [5.41, 5.74) is 5.64. The van der Waals surface area contributed by atoms with Gasteiger partial charge in [-0.1, -0.05) is 0 Å². The number of nitrogens with two attached hydrogens (primary N) is 1. The Balaban J connectivity index is 2.09. The number of hydrogen-bond acceptors (Lipinski definition) is 7. The molecular formula is C10H13BrN6S. The molecule has 0 atom stereocenters. The Kier molecular flexibility index (Phi) is 3.97. The van der Waals surface area contributed by atoms with Gasteiger partial charge in [-0.15, -0.1) is 11.3 Å². The summed E-state index contributed by atoms with van der Waals surface area (Å²) < 4.78 is 1.10. The molecule has 0 bridgehead atoms. The number of nitrogens with zero attached hydrogens (tertiary/aromatic N) is 4. The number of nitrogen functional groups attached to an aromatic ring is 1. The third-order valence-corrected chi connectivity index (χ3v) is 3.71. The molecule has 2 rings (SSSR count). The van der Waals surface area contributed by atoms with Gasteiger partial charge in [-0.3, -0.25) is 0 Å². The van der Waals surface area contributed by atoms with Crippen molar-refractivity contribution in [2.24, 2.45) is 0 Å². The SMILES string of the molecule is CN(C)c1nc(N)nc(NCc2ccc(Br)s2)n1. The van der Waals surface area contributed by atoms with Crippen LogP contribution < -0.4 is 16.0 Å². The van der Waals surface area contributed by atoms with Crippen molar-refractivity contribution in [3.05, 3.63) is 20.8 Å². The van der Waals surface area contributed by atoms with Gasteiger partial charge in [0.1, 0.15) is 0 Å². The van der Waals surface area contributed by atoms with Crippen LogP contribution in [0.2, 0.25) is 0 Å². The molecule has 0 aromatic carbocycles. The molecule has 2 aromatic heterocycles. The Morgan fingerprint density at radius 1 is 1.33 bits per heavy atom.